The van der Waals surface area contributed by atoms with Gasteiger partial charge in [-0.1, -0.05) is 35.1 Å². The summed E-state index contributed by atoms with van der Waals surface area (Å²) in [7, 11) is 1.89. The Balaban J connectivity index is 0.000000652. The summed E-state index contributed by atoms with van der Waals surface area (Å²) in [5, 5.41) is 24.6. The van der Waals surface area contributed by atoms with Crippen LogP contribution in [0.5, 0.6) is 0 Å². The summed E-state index contributed by atoms with van der Waals surface area (Å²) in [6.07, 6.45) is 1.68. The minimum atomic E-state index is -0.904. The first-order valence-electron chi connectivity index (χ1n) is 13.4. The number of amides is 2. The highest BCUT2D eigenvalue weighted by Gasteiger charge is 2.33. The molecule has 42 heavy (non-hydrogen) atoms. The molecule has 0 spiro atoms. The molecule has 0 saturated carbocycles. The quantitative estimate of drug-likeness (QED) is 0.232. The van der Waals surface area contributed by atoms with E-state index in [1.165, 1.54) is 11.3 Å². The first kappa shape index (κ1) is 29.5. The third-order valence-electron chi connectivity index (χ3n) is 6.74. The number of fused-ring (bicyclic) bond motifs is 2. The predicted octanol–water partition coefficient (Wildman–Crippen LogP) is 6.66. The van der Waals surface area contributed by atoms with Crippen molar-refractivity contribution in [2.45, 2.75) is 39.7 Å². The van der Waals surface area contributed by atoms with Crippen LogP contribution in [0.15, 0.2) is 54.7 Å². The van der Waals surface area contributed by atoms with Gasteiger partial charge in [-0.3, -0.25) is 19.3 Å². The summed E-state index contributed by atoms with van der Waals surface area (Å²) in [4.78, 5) is 33.5. The molecule has 0 atom stereocenters. The molecule has 1 fully saturated rings. The van der Waals surface area contributed by atoms with E-state index in [1.54, 1.807) is 53.6 Å². The molecule has 3 heterocycles. The normalized spacial score (nSPS) is 13.6. The van der Waals surface area contributed by atoms with E-state index in [9.17, 15) is 14.7 Å². The van der Waals surface area contributed by atoms with Crippen molar-refractivity contribution in [1.82, 2.24) is 14.8 Å². The van der Waals surface area contributed by atoms with Gasteiger partial charge in [-0.15, -0.1) is 0 Å². The number of carbonyl (C=O) groups excluding carboxylic acids is 1. The largest absolute Gasteiger partial charge is 0.481 e. The predicted molar refractivity (Wildman–Crippen MR) is 169 cm³/mol. The molecule has 11 heteroatoms. The molecule has 2 N–H and O–H groups in total. The van der Waals surface area contributed by atoms with E-state index in [1.807, 2.05) is 50.4 Å². The highest BCUT2D eigenvalue weighted by atomic mass is 35.5. The van der Waals surface area contributed by atoms with E-state index in [2.05, 4.69) is 5.10 Å². The van der Waals surface area contributed by atoms with Crippen molar-refractivity contribution in [3.8, 4) is 11.1 Å². The minimum absolute atomic E-state index is 0.111. The summed E-state index contributed by atoms with van der Waals surface area (Å²) in [5.41, 5.74) is 5.32. The zero-order valence-corrected chi connectivity index (χ0v) is 25.6. The standard InChI is InChI=1S/C27H22ClN5O3S.C4H10O/c1-15-11-21-25(24(20(15)13-23(34)35)16-3-5-18(28)6-4-16)37-26(30-21)33-10-9-32(27(33)36)19-7-8-22-17(12-19)14-29-31(22)2;1-4(2,3)5/h3-8,11-12,14H,9-10,13H2,1-2H3,(H,34,35);5H,1-3H3. The van der Waals surface area contributed by atoms with E-state index >= 15 is 0 Å². The maximum Gasteiger partial charge on any atom is 0.330 e. The first-order valence-corrected chi connectivity index (χ1v) is 14.6. The molecular weight excluding hydrogens is 574 g/mol. The smallest absolute Gasteiger partial charge is 0.330 e. The molecule has 5 aromatic rings. The molecule has 1 aliphatic heterocycles. The van der Waals surface area contributed by atoms with Crippen molar-refractivity contribution >= 4 is 66.9 Å². The number of hydrogen-bond acceptors (Lipinski definition) is 6. The number of nitrogens with zero attached hydrogens (tertiary/aromatic N) is 5. The number of carboxylic acid groups (broad SMARTS) is 1. The molecule has 1 aliphatic rings. The van der Waals surface area contributed by atoms with E-state index in [0.29, 0.717) is 23.2 Å². The van der Waals surface area contributed by atoms with Crippen LogP contribution in [0.4, 0.5) is 15.6 Å². The fourth-order valence-corrected chi connectivity index (χ4v) is 6.20. The van der Waals surface area contributed by atoms with Crippen LogP contribution >= 0.6 is 22.9 Å². The Morgan fingerprint density at radius 1 is 1.07 bits per heavy atom. The van der Waals surface area contributed by atoms with Gasteiger partial charge < -0.3 is 10.2 Å². The summed E-state index contributed by atoms with van der Waals surface area (Å²) >= 11 is 7.52. The van der Waals surface area contributed by atoms with Crippen LogP contribution in [0.3, 0.4) is 0 Å². The van der Waals surface area contributed by atoms with Crippen LogP contribution in [0, 0.1) is 6.92 Å². The average molecular weight is 606 g/mol. The number of hydrogen-bond donors (Lipinski definition) is 2. The molecule has 2 aromatic heterocycles. The molecule has 2 amide bonds. The van der Waals surface area contributed by atoms with Gasteiger partial charge in [0.05, 0.1) is 34.0 Å². The highest BCUT2D eigenvalue weighted by Crippen LogP contribution is 2.42. The van der Waals surface area contributed by atoms with Gasteiger partial charge in [0.15, 0.2) is 5.13 Å². The van der Waals surface area contributed by atoms with Gasteiger partial charge >= 0.3 is 12.0 Å². The van der Waals surface area contributed by atoms with Crippen LogP contribution in [0.1, 0.15) is 31.9 Å². The van der Waals surface area contributed by atoms with Gasteiger partial charge in [0, 0.05) is 41.8 Å². The summed E-state index contributed by atoms with van der Waals surface area (Å²) < 4.78 is 2.65. The number of anilines is 2. The Hall–Kier alpha value is -3.99. The SMILES string of the molecule is CC(C)(C)O.Cc1cc2nc(N3CCN(c4ccc5c(cnn5C)c4)C3=O)sc2c(-c2ccc(Cl)cc2)c1CC(=O)O. The van der Waals surface area contributed by atoms with Gasteiger partial charge in [-0.25, -0.2) is 9.78 Å². The van der Waals surface area contributed by atoms with Gasteiger partial charge in [-0.2, -0.15) is 5.10 Å². The fourth-order valence-electron chi connectivity index (χ4n) is 4.91. The van der Waals surface area contributed by atoms with Gasteiger partial charge in [0.1, 0.15) is 0 Å². The van der Waals surface area contributed by atoms with Gasteiger partial charge in [0.2, 0.25) is 0 Å². The van der Waals surface area contributed by atoms with Crippen LogP contribution in [0.2, 0.25) is 5.02 Å². The molecular formula is C31H32ClN5O4S. The number of aliphatic carboxylic acids is 1. The number of carboxylic acids is 1. The molecule has 218 valence electrons. The monoisotopic (exact) mass is 605 g/mol. The first-order chi connectivity index (χ1) is 19.8. The van der Waals surface area contributed by atoms with E-state index < -0.39 is 11.6 Å². The minimum Gasteiger partial charge on any atom is -0.481 e. The Morgan fingerprint density at radius 2 is 1.74 bits per heavy atom. The van der Waals surface area contributed by atoms with E-state index in [4.69, 9.17) is 21.7 Å². The Morgan fingerprint density at radius 3 is 2.40 bits per heavy atom. The lowest BCUT2D eigenvalue weighted by atomic mass is 9.93. The zero-order chi connectivity index (χ0) is 30.3. The van der Waals surface area contributed by atoms with Crippen molar-refractivity contribution in [3.05, 3.63) is 70.9 Å². The average Bonchev–Trinajstić information content (AvgIpc) is 3.60. The molecule has 9 nitrogen and oxygen atoms in total. The second-order valence-electron chi connectivity index (χ2n) is 11.2. The van der Waals surface area contributed by atoms with Crippen molar-refractivity contribution in [2.75, 3.05) is 22.9 Å². The second kappa shape index (κ2) is 11.4. The Bertz CT molecular complexity index is 1800. The number of benzene rings is 3. The highest BCUT2D eigenvalue weighted by molar-refractivity contribution is 7.23. The van der Waals surface area contributed by atoms with Crippen LogP contribution in [-0.4, -0.2) is 55.7 Å². The molecule has 0 unspecified atom stereocenters. The number of aliphatic hydroxyl groups is 1. The van der Waals surface area contributed by atoms with Gasteiger partial charge in [0.25, 0.3) is 0 Å². The third-order valence-corrected chi connectivity index (χ3v) is 8.11. The number of halogens is 1. The van der Waals surface area contributed by atoms with Gasteiger partial charge in [-0.05, 0) is 80.8 Å². The van der Waals surface area contributed by atoms with Crippen molar-refractivity contribution < 1.29 is 19.8 Å². The molecule has 6 rings (SSSR count). The lowest BCUT2D eigenvalue weighted by Gasteiger charge is -2.17. The van der Waals surface area contributed by atoms with Crippen LogP contribution in [-0.2, 0) is 18.3 Å². The molecule has 0 bridgehead atoms. The molecule has 1 saturated heterocycles. The summed E-state index contributed by atoms with van der Waals surface area (Å²) in [6, 6.07) is 15.0. The van der Waals surface area contributed by atoms with Crippen molar-refractivity contribution in [2.24, 2.45) is 7.05 Å². The maximum atomic E-state index is 13.5. The lowest BCUT2D eigenvalue weighted by Crippen LogP contribution is -2.31. The number of thiazole rings is 1. The number of aryl methyl sites for hydroxylation is 2. The molecule has 0 radical (unpaired) electrons. The Kier molecular flexibility index (Phi) is 7.98. The van der Waals surface area contributed by atoms with E-state index in [0.717, 1.165) is 49.1 Å². The zero-order valence-electron chi connectivity index (χ0n) is 24.1. The van der Waals surface area contributed by atoms with Crippen LogP contribution < -0.4 is 9.80 Å². The Labute approximate surface area is 252 Å². The third kappa shape index (κ3) is 6.11. The summed E-state index contributed by atoms with van der Waals surface area (Å²) in [5.74, 6) is -0.904. The topological polar surface area (TPSA) is 112 Å². The second-order valence-corrected chi connectivity index (χ2v) is 12.7. The maximum absolute atomic E-state index is 13.5. The fraction of sp³-hybridized carbons (Fsp3) is 0.290. The summed E-state index contributed by atoms with van der Waals surface area (Å²) in [6.45, 7) is 8.16. The van der Waals surface area contributed by atoms with Crippen LogP contribution in [0.25, 0.3) is 32.2 Å². The number of urea groups is 1. The molecule has 3 aromatic carbocycles. The van der Waals surface area contributed by atoms with Crippen molar-refractivity contribution in [1.29, 1.82) is 0 Å². The molecule has 0 aliphatic carbocycles. The number of aromatic nitrogens is 3. The number of carbonyl (C=O) groups is 2. The van der Waals surface area contributed by atoms with E-state index in [-0.39, 0.29) is 12.5 Å². The van der Waals surface area contributed by atoms with Crippen molar-refractivity contribution in [3.63, 3.8) is 0 Å². The number of rotatable bonds is 5. The lowest BCUT2D eigenvalue weighted by molar-refractivity contribution is -0.136.